The van der Waals surface area contributed by atoms with Crippen LogP contribution in [-0.4, -0.2) is 11.6 Å². The molecule has 0 fully saturated rings. The first kappa shape index (κ1) is 13.9. The van der Waals surface area contributed by atoms with Gasteiger partial charge >= 0.3 is 0 Å². The molecule has 0 aliphatic carbocycles. The quantitative estimate of drug-likeness (QED) is 0.872. The normalized spacial score (nSPS) is 9.70. The first-order valence-electron chi connectivity index (χ1n) is 6.34. The van der Waals surface area contributed by atoms with Crippen LogP contribution in [-0.2, 0) is 0 Å². The third-order valence-corrected chi connectivity index (χ3v) is 2.60. The van der Waals surface area contributed by atoms with Crippen LogP contribution in [0.25, 0.3) is 0 Å². The van der Waals surface area contributed by atoms with Gasteiger partial charge in [-0.1, -0.05) is 18.8 Å². The predicted octanol–water partition coefficient (Wildman–Crippen LogP) is 2.99. The third kappa shape index (κ3) is 3.48. The fraction of sp³-hybridized carbons (Fsp3) is 0.188. The van der Waals surface area contributed by atoms with Gasteiger partial charge in [0, 0.05) is 12.4 Å². The van der Waals surface area contributed by atoms with E-state index in [2.05, 4.69) is 16.8 Å². The van der Waals surface area contributed by atoms with E-state index < -0.39 is 0 Å². The Morgan fingerprint density at radius 2 is 2.05 bits per heavy atom. The van der Waals surface area contributed by atoms with Crippen molar-refractivity contribution in [3.8, 4) is 17.6 Å². The minimum absolute atomic E-state index is 0.279. The number of ether oxygens (including phenoxy) is 1. The van der Waals surface area contributed by atoms with E-state index in [4.69, 9.17) is 10.5 Å². The molecule has 0 spiro atoms. The van der Waals surface area contributed by atoms with E-state index in [0.717, 1.165) is 6.42 Å². The average molecular weight is 270 g/mol. The van der Waals surface area contributed by atoms with E-state index in [1.54, 1.807) is 30.6 Å². The van der Waals surface area contributed by atoms with Gasteiger partial charge in [-0.25, -0.2) is 4.39 Å². The van der Waals surface area contributed by atoms with E-state index >= 15 is 0 Å². The average Bonchev–Trinajstić information content (AvgIpc) is 2.46. The van der Waals surface area contributed by atoms with Gasteiger partial charge in [0.15, 0.2) is 0 Å². The maximum absolute atomic E-state index is 13.7. The molecule has 0 saturated carbocycles. The molecule has 0 radical (unpaired) electrons. The molecule has 0 atom stereocenters. The molecule has 2 N–H and O–H groups in total. The van der Waals surface area contributed by atoms with Crippen LogP contribution in [0.2, 0.25) is 0 Å². The number of benzene rings is 1. The fourth-order valence-corrected chi connectivity index (χ4v) is 1.55. The Kier molecular flexibility index (Phi) is 4.56. The molecule has 0 unspecified atom stereocenters. The number of pyridine rings is 1. The van der Waals surface area contributed by atoms with Crippen molar-refractivity contribution in [3.05, 3.63) is 53.6 Å². The monoisotopic (exact) mass is 270 g/mol. The largest absolute Gasteiger partial charge is 0.494 e. The number of halogens is 1. The lowest BCUT2D eigenvalue weighted by Crippen LogP contribution is -1.96. The number of hydrogen-bond acceptors (Lipinski definition) is 3. The summed E-state index contributed by atoms with van der Waals surface area (Å²) in [6.45, 7) is 2.60. The summed E-state index contributed by atoms with van der Waals surface area (Å²) < 4.78 is 19.1. The van der Waals surface area contributed by atoms with Crippen molar-refractivity contribution >= 4 is 5.69 Å². The van der Waals surface area contributed by atoms with E-state index in [1.165, 1.54) is 6.07 Å². The minimum Gasteiger partial charge on any atom is -0.494 e. The summed E-state index contributed by atoms with van der Waals surface area (Å²) in [5.41, 5.74) is 7.13. The number of hydrogen-bond donors (Lipinski definition) is 1. The fourth-order valence-electron chi connectivity index (χ4n) is 1.55. The van der Waals surface area contributed by atoms with Crippen LogP contribution in [0.4, 0.5) is 10.1 Å². The van der Waals surface area contributed by atoms with Crippen molar-refractivity contribution in [1.29, 1.82) is 0 Å². The van der Waals surface area contributed by atoms with Gasteiger partial charge in [0.25, 0.3) is 0 Å². The smallest absolute Gasteiger partial charge is 0.139 e. The van der Waals surface area contributed by atoms with Gasteiger partial charge in [-0.05, 0) is 30.7 Å². The van der Waals surface area contributed by atoms with Gasteiger partial charge in [-0.3, -0.25) is 4.98 Å². The number of nitrogens with zero attached hydrogens (tertiary/aromatic N) is 1. The summed E-state index contributed by atoms with van der Waals surface area (Å²) in [7, 11) is 0. The summed E-state index contributed by atoms with van der Waals surface area (Å²) in [6.07, 6.45) is 4.03. The van der Waals surface area contributed by atoms with Crippen molar-refractivity contribution in [2.45, 2.75) is 13.3 Å². The maximum Gasteiger partial charge on any atom is 0.139 e. The zero-order valence-corrected chi connectivity index (χ0v) is 11.2. The predicted molar refractivity (Wildman–Crippen MR) is 76.8 cm³/mol. The third-order valence-electron chi connectivity index (χ3n) is 2.60. The summed E-state index contributed by atoms with van der Waals surface area (Å²) in [5, 5.41) is 0. The van der Waals surface area contributed by atoms with Gasteiger partial charge < -0.3 is 10.5 Å². The Bertz CT molecular complexity index is 659. The van der Waals surface area contributed by atoms with Crippen LogP contribution in [0.15, 0.2) is 36.7 Å². The van der Waals surface area contributed by atoms with Crippen molar-refractivity contribution in [2.75, 3.05) is 12.3 Å². The van der Waals surface area contributed by atoms with Crippen LogP contribution in [0.5, 0.6) is 5.75 Å². The zero-order chi connectivity index (χ0) is 14.4. The molecule has 1 aromatic heterocycles. The van der Waals surface area contributed by atoms with Gasteiger partial charge in [-0.2, -0.15) is 0 Å². The van der Waals surface area contributed by atoms with E-state index in [9.17, 15) is 4.39 Å². The van der Waals surface area contributed by atoms with Crippen LogP contribution in [0.3, 0.4) is 0 Å². The Labute approximate surface area is 117 Å². The minimum atomic E-state index is -0.385. The molecule has 2 aromatic rings. The van der Waals surface area contributed by atoms with Crippen molar-refractivity contribution in [2.24, 2.45) is 0 Å². The standard InChI is InChI=1S/C16H15FN2O/c1-2-9-20-14-5-6-15(17)12(10-14)3-4-13-11-19-8-7-16(13)18/h5-8,10-11H,2,9H2,1H3,(H2,18,19). The van der Waals surface area contributed by atoms with E-state index in [-0.39, 0.29) is 11.4 Å². The lowest BCUT2D eigenvalue weighted by Gasteiger charge is -2.04. The molecular weight excluding hydrogens is 255 g/mol. The second-order valence-corrected chi connectivity index (χ2v) is 4.20. The van der Waals surface area contributed by atoms with Crippen molar-refractivity contribution in [1.82, 2.24) is 4.98 Å². The first-order valence-corrected chi connectivity index (χ1v) is 6.34. The highest BCUT2D eigenvalue weighted by Crippen LogP contribution is 2.17. The Morgan fingerprint density at radius 1 is 1.25 bits per heavy atom. The molecule has 0 bridgehead atoms. The van der Waals surface area contributed by atoms with Crippen LogP contribution in [0.1, 0.15) is 24.5 Å². The number of rotatable bonds is 3. The van der Waals surface area contributed by atoms with E-state index in [1.807, 2.05) is 6.92 Å². The van der Waals surface area contributed by atoms with Gasteiger partial charge in [-0.15, -0.1) is 0 Å². The molecule has 1 aromatic carbocycles. The SMILES string of the molecule is CCCOc1ccc(F)c(C#Cc2cnccc2N)c1. The molecule has 102 valence electrons. The lowest BCUT2D eigenvalue weighted by atomic mass is 10.1. The molecule has 3 nitrogen and oxygen atoms in total. The first-order chi connectivity index (χ1) is 9.70. The molecule has 1 heterocycles. The van der Waals surface area contributed by atoms with Gasteiger partial charge in [0.1, 0.15) is 11.6 Å². The summed E-state index contributed by atoms with van der Waals surface area (Å²) in [6, 6.07) is 6.18. The number of nitrogens with two attached hydrogens (primary N) is 1. The molecule has 0 saturated heterocycles. The summed E-state index contributed by atoms with van der Waals surface area (Å²) in [5.74, 6) is 5.80. The zero-order valence-electron chi connectivity index (χ0n) is 11.2. The van der Waals surface area contributed by atoms with Crippen LogP contribution in [0, 0.1) is 17.7 Å². The second kappa shape index (κ2) is 6.58. The molecule has 4 heteroatoms. The summed E-state index contributed by atoms with van der Waals surface area (Å²) >= 11 is 0. The summed E-state index contributed by atoms with van der Waals surface area (Å²) in [4.78, 5) is 3.94. The second-order valence-electron chi connectivity index (χ2n) is 4.20. The van der Waals surface area contributed by atoms with Gasteiger partial charge in [0.2, 0.25) is 0 Å². The maximum atomic E-state index is 13.7. The number of aromatic nitrogens is 1. The molecule has 0 aliphatic heterocycles. The number of nitrogen functional groups attached to an aromatic ring is 1. The molecule has 2 rings (SSSR count). The van der Waals surface area contributed by atoms with E-state index in [0.29, 0.717) is 23.6 Å². The lowest BCUT2D eigenvalue weighted by molar-refractivity contribution is 0.317. The molecule has 0 amide bonds. The topological polar surface area (TPSA) is 48.1 Å². The Hall–Kier alpha value is -2.54. The van der Waals surface area contributed by atoms with Crippen LogP contribution >= 0.6 is 0 Å². The van der Waals surface area contributed by atoms with Crippen molar-refractivity contribution in [3.63, 3.8) is 0 Å². The highest BCUT2D eigenvalue weighted by molar-refractivity contribution is 5.56. The van der Waals surface area contributed by atoms with Gasteiger partial charge in [0.05, 0.1) is 23.4 Å². The Balaban J connectivity index is 2.27. The number of anilines is 1. The molecule has 20 heavy (non-hydrogen) atoms. The highest BCUT2D eigenvalue weighted by Gasteiger charge is 2.02. The molecular formula is C16H15FN2O. The molecule has 0 aliphatic rings. The highest BCUT2D eigenvalue weighted by atomic mass is 19.1. The van der Waals surface area contributed by atoms with Crippen molar-refractivity contribution < 1.29 is 9.13 Å². The van der Waals surface area contributed by atoms with Crippen LogP contribution < -0.4 is 10.5 Å². The Morgan fingerprint density at radius 3 is 2.80 bits per heavy atom.